The van der Waals surface area contributed by atoms with Gasteiger partial charge in [0.15, 0.2) is 0 Å². The molecule has 0 amide bonds. The van der Waals surface area contributed by atoms with Crippen molar-refractivity contribution in [3.8, 4) is 0 Å². The maximum Gasteiger partial charge on any atom is 0.242 e. The van der Waals surface area contributed by atoms with Crippen LogP contribution < -0.4 is 10.5 Å². The SMILES string of the molecule is COCCCCCNS(=O)(=O)c1ccc(Cl)c(CN)c1Cl. The van der Waals surface area contributed by atoms with Gasteiger partial charge in [0.05, 0.1) is 5.02 Å². The number of hydrogen-bond acceptors (Lipinski definition) is 4. The molecule has 0 saturated carbocycles. The van der Waals surface area contributed by atoms with Crippen molar-refractivity contribution in [3.05, 3.63) is 27.7 Å². The van der Waals surface area contributed by atoms with Crippen molar-refractivity contribution in [3.63, 3.8) is 0 Å². The highest BCUT2D eigenvalue weighted by molar-refractivity contribution is 7.89. The van der Waals surface area contributed by atoms with E-state index < -0.39 is 10.0 Å². The quantitative estimate of drug-likeness (QED) is 0.667. The molecule has 21 heavy (non-hydrogen) atoms. The molecule has 0 spiro atoms. The van der Waals surface area contributed by atoms with Gasteiger partial charge in [-0.05, 0) is 31.4 Å². The molecule has 3 N–H and O–H groups in total. The lowest BCUT2D eigenvalue weighted by atomic mass is 10.2. The van der Waals surface area contributed by atoms with Gasteiger partial charge in [0, 0.05) is 37.4 Å². The number of methoxy groups -OCH3 is 1. The minimum Gasteiger partial charge on any atom is -0.385 e. The van der Waals surface area contributed by atoms with Gasteiger partial charge in [0.2, 0.25) is 10.0 Å². The molecule has 0 aromatic heterocycles. The number of ether oxygens (including phenoxy) is 1. The lowest BCUT2D eigenvalue weighted by Crippen LogP contribution is -2.25. The van der Waals surface area contributed by atoms with Crippen LogP contribution in [-0.2, 0) is 21.3 Å². The van der Waals surface area contributed by atoms with Crippen LogP contribution in [0.25, 0.3) is 0 Å². The molecule has 0 aliphatic rings. The van der Waals surface area contributed by atoms with Crippen molar-refractivity contribution >= 4 is 33.2 Å². The van der Waals surface area contributed by atoms with Crippen LogP contribution in [0, 0.1) is 0 Å². The van der Waals surface area contributed by atoms with Crippen molar-refractivity contribution in [2.75, 3.05) is 20.3 Å². The second-order valence-corrected chi connectivity index (χ2v) is 7.01. The Morgan fingerprint density at radius 1 is 1.24 bits per heavy atom. The second kappa shape index (κ2) is 8.92. The highest BCUT2D eigenvalue weighted by Gasteiger charge is 2.20. The summed E-state index contributed by atoms with van der Waals surface area (Å²) in [5, 5.41) is 0.442. The van der Waals surface area contributed by atoms with E-state index in [-0.39, 0.29) is 16.5 Å². The van der Waals surface area contributed by atoms with Gasteiger partial charge in [-0.2, -0.15) is 0 Å². The Labute approximate surface area is 135 Å². The maximum absolute atomic E-state index is 12.2. The average Bonchev–Trinajstić information content (AvgIpc) is 2.43. The number of rotatable bonds is 9. The van der Waals surface area contributed by atoms with Gasteiger partial charge in [-0.3, -0.25) is 0 Å². The summed E-state index contributed by atoms with van der Waals surface area (Å²) in [4.78, 5) is 0.00547. The lowest BCUT2D eigenvalue weighted by molar-refractivity contribution is 0.192. The van der Waals surface area contributed by atoms with Gasteiger partial charge in [0.1, 0.15) is 4.90 Å². The second-order valence-electron chi connectivity index (χ2n) is 4.49. The standard InChI is InChI=1S/C13H20Cl2N2O3S/c1-20-8-4-2-3-7-17-21(18,19)12-6-5-11(14)10(9-16)13(12)15/h5-6,17H,2-4,7-9,16H2,1H3. The molecule has 1 aromatic rings. The first-order valence-corrected chi connectivity index (χ1v) is 8.83. The van der Waals surface area contributed by atoms with E-state index in [2.05, 4.69) is 4.72 Å². The van der Waals surface area contributed by atoms with Crippen LogP contribution in [0.3, 0.4) is 0 Å². The van der Waals surface area contributed by atoms with Gasteiger partial charge in [-0.15, -0.1) is 0 Å². The molecule has 0 bridgehead atoms. The zero-order valence-electron chi connectivity index (χ0n) is 11.9. The molecule has 5 nitrogen and oxygen atoms in total. The van der Waals surface area contributed by atoms with Gasteiger partial charge in [-0.1, -0.05) is 23.2 Å². The first-order valence-electron chi connectivity index (χ1n) is 6.59. The Morgan fingerprint density at radius 2 is 1.95 bits per heavy atom. The molecule has 120 valence electrons. The molecule has 0 heterocycles. The summed E-state index contributed by atoms with van der Waals surface area (Å²) in [7, 11) is -2.02. The molecule has 0 aliphatic heterocycles. The molecule has 0 radical (unpaired) electrons. The van der Waals surface area contributed by atoms with Crippen molar-refractivity contribution in [2.45, 2.75) is 30.7 Å². The number of nitrogens with two attached hydrogens (primary N) is 1. The summed E-state index contributed by atoms with van der Waals surface area (Å²) < 4.78 is 31.9. The molecular weight excluding hydrogens is 335 g/mol. The predicted octanol–water partition coefficient (Wildman–Crippen LogP) is 2.55. The molecular formula is C13H20Cl2N2O3S. The molecule has 0 atom stereocenters. The summed E-state index contributed by atoms with van der Waals surface area (Å²) >= 11 is 12.0. The Hall–Kier alpha value is -0.370. The molecule has 0 saturated heterocycles. The summed E-state index contributed by atoms with van der Waals surface area (Å²) in [6, 6.07) is 2.87. The van der Waals surface area contributed by atoms with E-state index in [9.17, 15) is 8.42 Å². The zero-order chi connectivity index (χ0) is 15.9. The molecule has 1 aromatic carbocycles. The summed E-state index contributed by atoms with van der Waals surface area (Å²) in [5.74, 6) is 0. The molecule has 0 unspecified atom stereocenters. The van der Waals surface area contributed by atoms with Crippen LogP contribution in [-0.4, -0.2) is 28.7 Å². The van der Waals surface area contributed by atoms with E-state index in [1.165, 1.54) is 12.1 Å². The summed E-state index contributed by atoms with van der Waals surface area (Å²) in [6.45, 7) is 1.11. The third-order valence-electron chi connectivity index (χ3n) is 2.96. The fourth-order valence-electron chi connectivity index (χ4n) is 1.80. The van der Waals surface area contributed by atoms with E-state index in [4.69, 9.17) is 33.7 Å². The molecule has 0 aliphatic carbocycles. The van der Waals surface area contributed by atoms with E-state index >= 15 is 0 Å². The van der Waals surface area contributed by atoms with Crippen molar-refractivity contribution in [2.24, 2.45) is 5.73 Å². The lowest BCUT2D eigenvalue weighted by Gasteiger charge is -2.12. The van der Waals surface area contributed by atoms with Crippen LogP contribution >= 0.6 is 23.2 Å². The van der Waals surface area contributed by atoms with Crippen molar-refractivity contribution < 1.29 is 13.2 Å². The van der Waals surface area contributed by atoms with Crippen LogP contribution in [0.2, 0.25) is 10.0 Å². The first-order chi connectivity index (χ1) is 9.94. The molecule has 8 heteroatoms. The van der Waals surface area contributed by atoms with Crippen molar-refractivity contribution in [1.29, 1.82) is 0 Å². The van der Waals surface area contributed by atoms with E-state index in [0.717, 1.165) is 19.3 Å². The number of halogens is 2. The number of hydrogen-bond donors (Lipinski definition) is 2. The maximum atomic E-state index is 12.2. The van der Waals surface area contributed by atoms with Gasteiger partial charge in [0.25, 0.3) is 0 Å². The first kappa shape index (κ1) is 18.7. The van der Waals surface area contributed by atoms with Crippen LogP contribution in [0.4, 0.5) is 0 Å². The highest BCUT2D eigenvalue weighted by Crippen LogP contribution is 2.30. The zero-order valence-corrected chi connectivity index (χ0v) is 14.2. The van der Waals surface area contributed by atoms with Crippen LogP contribution in [0.1, 0.15) is 24.8 Å². The topological polar surface area (TPSA) is 81.4 Å². The summed E-state index contributed by atoms with van der Waals surface area (Å²) in [6.07, 6.45) is 2.52. The average molecular weight is 355 g/mol. The highest BCUT2D eigenvalue weighted by atomic mass is 35.5. The minimum absolute atomic E-state index is 0.00547. The Morgan fingerprint density at radius 3 is 2.57 bits per heavy atom. The van der Waals surface area contributed by atoms with Crippen molar-refractivity contribution in [1.82, 2.24) is 4.72 Å². The number of unbranched alkanes of at least 4 members (excludes halogenated alkanes) is 2. The largest absolute Gasteiger partial charge is 0.385 e. The molecule has 1 rings (SSSR count). The third kappa shape index (κ3) is 5.39. The van der Waals surface area contributed by atoms with Gasteiger partial charge in [-0.25, -0.2) is 13.1 Å². The molecule has 0 fully saturated rings. The third-order valence-corrected chi connectivity index (χ3v) is 5.36. The Bertz CT molecular complexity index is 565. The minimum atomic E-state index is -3.66. The fraction of sp³-hybridized carbons (Fsp3) is 0.538. The van der Waals surface area contributed by atoms with E-state index in [1.54, 1.807) is 7.11 Å². The number of sulfonamides is 1. The van der Waals surface area contributed by atoms with E-state index in [0.29, 0.717) is 23.7 Å². The van der Waals surface area contributed by atoms with Gasteiger partial charge >= 0.3 is 0 Å². The predicted molar refractivity (Wildman–Crippen MR) is 85.3 cm³/mol. The smallest absolute Gasteiger partial charge is 0.242 e. The number of benzene rings is 1. The van der Waals surface area contributed by atoms with Crippen LogP contribution in [0.5, 0.6) is 0 Å². The van der Waals surface area contributed by atoms with E-state index in [1.807, 2.05) is 0 Å². The van der Waals surface area contributed by atoms with Crippen LogP contribution in [0.15, 0.2) is 17.0 Å². The summed E-state index contributed by atoms with van der Waals surface area (Å²) in [5.41, 5.74) is 5.97. The monoisotopic (exact) mass is 354 g/mol. The normalized spacial score (nSPS) is 11.8. The fourth-order valence-corrected chi connectivity index (χ4v) is 3.81. The number of nitrogens with one attached hydrogen (secondary N) is 1. The Kier molecular flexibility index (Phi) is 7.94. The van der Waals surface area contributed by atoms with Gasteiger partial charge < -0.3 is 10.5 Å². The Balaban J connectivity index is 2.71.